The molecule has 0 saturated heterocycles. The van der Waals surface area contributed by atoms with Gasteiger partial charge in [-0.2, -0.15) is 0 Å². The molecule has 2 amide bonds. The first-order valence-electron chi connectivity index (χ1n) is 8.76. The van der Waals surface area contributed by atoms with Gasteiger partial charge in [-0.3, -0.25) is 9.59 Å². The molecule has 0 fully saturated rings. The molecule has 2 aromatic rings. The van der Waals surface area contributed by atoms with Crippen LogP contribution in [0, 0.1) is 0 Å². The molecule has 2 aliphatic heterocycles. The Morgan fingerprint density at radius 3 is 2.85 bits per heavy atom. The second-order valence-electron chi connectivity index (χ2n) is 6.55. The first-order valence-corrected chi connectivity index (χ1v) is 8.76. The lowest BCUT2D eigenvalue weighted by Gasteiger charge is -2.14. The minimum atomic E-state index is -0.178. The van der Waals surface area contributed by atoms with E-state index in [1.54, 1.807) is 17.9 Å². The van der Waals surface area contributed by atoms with Gasteiger partial charge in [-0.1, -0.05) is 6.07 Å². The maximum atomic E-state index is 12.2. The van der Waals surface area contributed by atoms with Crippen molar-refractivity contribution in [3.05, 3.63) is 59.2 Å². The number of nitrogens with zero attached hydrogens (tertiary/aromatic N) is 1. The van der Waals surface area contributed by atoms with Gasteiger partial charge in [0.2, 0.25) is 11.8 Å². The van der Waals surface area contributed by atoms with Crippen LogP contribution in [0.1, 0.15) is 23.6 Å². The van der Waals surface area contributed by atoms with Crippen LogP contribution in [0.15, 0.2) is 42.5 Å². The highest BCUT2D eigenvalue weighted by Gasteiger charge is 2.22. The van der Waals surface area contributed by atoms with Gasteiger partial charge in [0.25, 0.3) is 0 Å². The smallest absolute Gasteiger partial charge is 0.248 e. The third kappa shape index (κ3) is 3.20. The van der Waals surface area contributed by atoms with Crippen LogP contribution < -0.4 is 15.0 Å². The maximum Gasteiger partial charge on any atom is 0.248 e. The van der Waals surface area contributed by atoms with Crippen molar-refractivity contribution in [3.8, 4) is 5.75 Å². The van der Waals surface area contributed by atoms with Gasteiger partial charge in [0, 0.05) is 37.3 Å². The Morgan fingerprint density at radius 1 is 1.12 bits per heavy atom. The Hall–Kier alpha value is -3.08. The maximum absolute atomic E-state index is 12.2. The molecule has 5 heteroatoms. The van der Waals surface area contributed by atoms with E-state index in [0.717, 1.165) is 47.7 Å². The molecule has 2 heterocycles. The monoisotopic (exact) mass is 348 g/mol. The number of anilines is 2. The Bertz CT molecular complexity index is 917. The number of fused-ring (bicyclic) bond motifs is 2. The molecule has 0 saturated carbocycles. The lowest BCUT2D eigenvalue weighted by Crippen LogP contribution is -2.25. The van der Waals surface area contributed by atoms with Crippen LogP contribution in [0.5, 0.6) is 5.75 Å². The summed E-state index contributed by atoms with van der Waals surface area (Å²) < 4.78 is 5.49. The quantitative estimate of drug-likeness (QED) is 0.867. The van der Waals surface area contributed by atoms with Crippen molar-refractivity contribution < 1.29 is 14.3 Å². The molecule has 5 nitrogen and oxygen atoms in total. The first kappa shape index (κ1) is 16.4. The normalized spacial score (nSPS) is 14.9. The summed E-state index contributed by atoms with van der Waals surface area (Å²) >= 11 is 0. The van der Waals surface area contributed by atoms with E-state index in [1.807, 2.05) is 30.3 Å². The van der Waals surface area contributed by atoms with E-state index in [1.165, 1.54) is 11.6 Å². The Labute approximate surface area is 152 Å². The molecule has 0 bridgehead atoms. The van der Waals surface area contributed by atoms with E-state index in [2.05, 4.69) is 11.4 Å². The minimum absolute atomic E-state index is 0.0446. The van der Waals surface area contributed by atoms with Crippen molar-refractivity contribution in [1.29, 1.82) is 0 Å². The zero-order valence-electron chi connectivity index (χ0n) is 14.6. The standard InChI is InChI=1S/C21H20N2O3/c1-14(24)23-10-8-16-13-18(4-5-19(16)23)22-21(25)7-3-15-2-6-20-17(12-15)9-11-26-20/h2-7,12-13H,8-11H2,1H3,(H,22,25)/b7-3+. The third-order valence-electron chi connectivity index (χ3n) is 4.76. The molecule has 1 N–H and O–H groups in total. The number of amides is 2. The van der Waals surface area contributed by atoms with Crippen molar-refractivity contribution in [2.24, 2.45) is 0 Å². The van der Waals surface area contributed by atoms with Gasteiger partial charge in [0.05, 0.1) is 6.61 Å². The predicted molar refractivity (Wildman–Crippen MR) is 101 cm³/mol. The number of hydrogen-bond acceptors (Lipinski definition) is 3. The molecule has 132 valence electrons. The lowest BCUT2D eigenvalue weighted by molar-refractivity contribution is -0.116. The fourth-order valence-electron chi connectivity index (χ4n) is 3.47. The first-order chi connectivity index (χ1) is 12.6. The van der Waals surface area contributed by atoms with Crippen LogP contribution in [0.4, 0.5) is 11.4 Å². The van der Waals surface area contributed by atoms with Crippen molar-refractivity contribution in [3.63, 3.8) is 0 Å². The number of carbonyl (C=O) groups is 2. The fourth-order valence-corrected chi connectivity index (χ4v) is 3.47. The summed E-state index contributed by atoms with van der Waals surface area (Å²) in [6.45, 7) is 2.99. The molecule has 0 aromatic heterocycles. The van der Waals surface area contributed by atoms with Gasteiger partial charge in [-0.15, -0.1) is 0 Å². The third-order valence-corrected chi connectivity index (χ3v) is 4.76. The summed E-state index contributed by atoms with van der Waals surface area (Å²) in [6, 6.07) is 11.6. The summed E-state index contributed by atoms with van der Waals surface area (Å²) in [5, 5.41) is 2.88. The van der Waals surface area contributed by atoms with Crippen LogP contribution in [-0.4, -0.2) is 25.0 Å². The molecular weight excluding hydrogens is 328 g/mol. The van der Waals surface area contributed by atoms with Gasteiger partial charge in [0.1, 0.15) is 5.75 Å². The van der Waals surface area contributed by atoms with Crippen LogP contribution >= 0.6 is 0 Å². The fraction of sp³-hybridized carbons (Fsp3) is 0.238. The summed E-state index contributed by atoms with van der Waals surface area (Å²) in [5.41, 5.74) is 4.93. The van der Waals surface area contributed by atoms with Gasteiger partial charge >= 0.3 is 0 Å². The molecule has 0 atom stereocenters. The highest BCUT2D eigenvalue weighted by Crippen LogP contribution is 2.30. The van der Waals surface area contributed by atoms with Crippen LogP contribution in [-0.2, 0) is 22.4 Å². The van der Waals surface area contributed by atoms with E-state index in [-0.39, 0.29) is 11.8 Å². The molecule has 0 radical (unpaired) electrons. The number of rotatable bonds is 3. The van der Waals surface area contributed by atoms with Crippen LogP contribution in [0.25, 0.3) is 6.08 Å². The molecule has 0 aliphatic carbocycles. The number of ether oxygens (including phenoxy) is 1. The predicted octanol–water partition coefficient (Wildman–Crippen LogP) is 3.18. The van der Waals surface area contributed by atoms with E-state index in [0.29, 0.717) is 6.54 Å². The van der Waals surface area contributed by atoms with Gasteiger partial charge < -0.3 is 15.0 Å². The van der Waals surface area contributed by atoms with E-state index >= 15 is 0 Å². The average molecular weight is 348 g/mol. The number of nitrogens with one attached hydrogen (secondary N) is 1. The minimum Gasteiger partial charge on any atom is -0.493 e. The number of carbonyl (C=O) groups excluding carboxylic acids is 2. The Morgan fingerprint density at radius 2 is 2.00 bits per heavy atom. The number of benzene rings is 2. The van der Waals surface area contributed by atoms with E-state index in [9.17, 15) is 9.59 Å². The largest absolute Gasteiger partial charge is 0.493 e. The summed E-state index contributed by atoms with van der Waals surface area (Å²) in [6.07, 6.45) is 5.06. The SMILES string of the molecule is CC(=O)N1CCc2cc(NC(=O)/C=C/c3ccc4c(c3)CCO4)ccc21. The zero-order valence-corrected chi connectivity index (χ0v) is 14.6. The Kier molecular flexibility index (Phi) is 4.21. The summed E-state index contributed by atoms with van der Waals surface area (Å²) in [5.74, 6) is 0.802. The molecule has 0 unspecified atom stereocenters. The van der Waals surface area contributed by atoms with Crippen molar-refractivity contribution in [2.75, 3.05) is 23.4 Å². The van der Waals surface area contributed by atoms with Gasteiger partial charge in [0.15, 0.2) is 0 Å². The highest BCUT2D eigenvalue weighted by molar-refractivity contribution is 6.02. The molecule has 26 heavy (non-hydrogen) atoms. The average Bonchev–Trinajstić information content (AvgIpc) is 3.25. The van der Waals surface area contributed by atoms with Crippen molar-refractivity contribution >= 4 is 29.3 Å². The van der Waals surface area contributed by atoms with E-state index in [4.69, 9.17) is 4.74 Å². The van der Waals surface area contributed by atoms with Crippen LogP contribution in [0.3, 0.4) is 0 Å². The van der Waals surface area contributed by atoms with E-state index < -0.39 is 0 Å². The van der Waals surface area contributed by atoms with Gasteiger partial charge in [-0.05, 0) is 59.5 Å². The molecule has 2 aliphatic rings. The second-order valence-corrected chi connectivity index (χ2v) is 6.55. The molecule has 2 aromatic carbocycles. The summed E-state index contributed by atoms with van der Waals surface area (Å²) in [4.78, 5) is 25.6. The highest BCUT2D eigenvalue weighted by atomic mass is 16.5. The second kappa shape index (κ2) is 6.67. The number of hydrogen-bond donors (Lipinski definition) is 1. The zero-order chi connectivity index (χ0) is 18.1. The van der Waals surface area contributed by atoms with Crippen LogP contribution in [0.2, 0.25) is 0 Å². The topological polar surface area (TPSA) is 58.6 Å². The molecule has 0 spiro atoms. The Balaban J connectivity index is 1.43. The van der Waals surface area contributed by atoms with Crippen molar-refractivity contribution in [1.82, 2.24) is 0 Å². The van der Waals surface area contributed by atoms with Crippen molar-refractivity contribution in [2.45, 2.75) is 19.8 Å². The lowest BCUT2D eigenvalue weighted by atomic mass is 10.1. The van der Waals surface area contributed by atoms with Gasteiger partial charge in [-0.25, -0.2) is 0 Å². The molecule has 4 rings (SSSR count). The molecular formula is C21H20N2O3. The summed E-state index contributed by atoms with van der Waals surface area (Å²) in [7, 11) is 0.